The van der Waals surface area contributed by atoms with E-state index in [2.05, 4.69) is 18.8 Å². The lowest BCUT2D eigenvalue weighted by Crippen LogP contribution is -2.56. The first kappa shape index (κ1) is 17.6. The number of nitrogens with one attached hydrogen (secondary N) is 1. The van der Waals surface area contributed by atoms with Crippen molar-refractivity contribution in [2.75, 3.05) is 26.3 Å². The Balaban J connectivity index is 1.51. The molecule has 1 aromatic carbocycles. The molecule has 5 heteroatoms. The van der Waals surface area contributed by atoms with Gasteiger partial charge in [-0.15, -0.1) is 0 Å². The van der Waals surface area contributed by atoms with Gasteiger partial charge in [0.25, 0.3) is 5.91 Å². The minimum absolute atomic E-state index is 0.103. The summed E-state index contributed by atoms with van der Waals surface area (Å²) in [4.78, 5) is 18.3. The highest BCUT2D eigenvalue weighted by atomic mass is 16.5. The summed E-state index contributed by atoms with van der Waals surface area (Å²) in [7, 11) is 0. The number of benzene rings is 1. The maximum Gasteiger partial charge on any atom is 0.254 e. The summed E-state index contributed by atoms with van der Waals surface area (Å²) in [5, 5.41) is 1.07. The molecule has 1 saturated carbocycles. The lowest BCUT2D eigenvalue weighted by atomic mass is 9.89. The molecule has 2 fully saturated rings. The van der Waals surface area contributed by atoms with Crippen molar-refractivity contribution in [3.63, 3.8) is 0 Å². The minimum Gasteiger partial charge on any atom is -0.378 e. The first-order valence-electron chi connectivity index (χ1n) is 9.69. The summed E-state index contributed by atoms with van der Waals surface area (Å²) in [5.74, 6) is 0.471. The lowest BCUT2D eigenvalue weighted by molar-refractivity contribution is -0.136. The highest BCUT2D eigenvalue weighted by Crippen LogP contribution is 2.41. The van der Waals surface area contributed by atoms with E-state index in [1.54, 1.807) is 0 Å². The van der Waals surface area contributed by atoms with Crippen molar-refractivity contribution in [3.8, 4) is 0 Å². The zero-order valence-corrected chi connectivity index (χ0v) is 15.7. The fourth-order valence-electron chi connectivity index (χ4n) is 4.41. The number of amides is 1. The van der Waals surface area contributed by atoms with E-state index in [-0.39, 0.29) is 17.6 Å². The maximum atomic E-state index is 13.1. The van der Waals surface area contributed by atoms with Gasteiger partial charge in [0, 0.05) is 35.1 Å². The van der Waals surface area contributed by atoms with Gasteiger partial charge in [-0.2, -0.15) is 0 Å². The van der Waals surface area contributed by atoms with Gasteiger partial charge in [-0.3, -0.25) is 4.79 Å². The fourth-order valence-corrected chi connectivity index (χ4v) is 4.41. The third kappa shape index (κ3) is 3.26. The van der Waals surface area contributed by atoms with Crippen molar-refractivity contribution < 1.29 is 14.3 Å². The lowest BCUT2D eigenvalue weighted by Gasteiger charge is -2.44. The van der Waals surface area contributed by atoms with Crippen LogP contribution in [0.25, 0.3) is 10.9 Å². The minimum atomic E-state index is -0.235. The quantitative estimate of drug-likeness (QED) is 0.911. The molecular formula is C21H28N2O3. The molecule has 1 aliphatic heterocycles. The third-order valence-corrected chi connectivity index (χ3v) is 5.82. The molecule has 4 rings (SSSR count). The van der Waals surface area contributed by atoms with Crippen molar-refractivity contribution in [1.82, 2.24) is 9.88 Å². The molecule has 2 aromatic rings. The number of nitrogens with zero attached hydrogens (tertiary/aromatic N) is 1. The third-order valence-electron chi connectivity index (χ3n) is 5.82. The fraction of sp³-hybridized carbons (Fsp3) is 0.571. The Kier molecular flexibility index (Phi) is 4.76. The van der Waals surface area contributed by atoms with Gasteiger partial charge in [0.1, 0.15) is 0 Å². The van der Waals surface area contributed by atoms with Gasteiger partial charge in [-0.05, 0) is 51.0 Å². The highest BCUT2D eigenvalue weighted by molar-refractivity contribution is 5.98. The van der Waals surface area contributed by atoms with Gasteiger partial charge in [0.2, 0.25) is 0 Å². The van der Waals surface area contributed by atoms with E-state index in [9.17, 15) is 4.79 Å². The van der Waals surface area contributed by atoms with Gasteiger partial charge in [0.15, 0.2) is 0 Å². The zero-order chi connectivity index (χ0) is 18.1. The molecule has 26 heavy (non-hydrogen) atoms. The molecule has 140 valence electrons. The van der Waals surface area contributed by atoms with Gasteiger partial charge in [-0.25, -0.2) is 0 Å². The van der Waals surface area contributed by atoms with Crippen LogP contribution in [0.2, 0.25) is 0 Å². The topological polar surface area (TPSA) is 54.6 Å². The van der Waals surface area contributed by atoms with E-state index in [0.29, 0.717) is 25.6 Å². The molecule has 5 nitrogen and oxygen atoms in total. The second-order valence-electron chi connectivity index (χ2n) is 7.89. The van der Waals surface area contributed by atoms with Crippen LogP contribution in [0.15, 0.2) is 30.5 Å². The Morgan fingerprint density at radius 3 is 3.15 bits per heavy atom. The van der Waals surface area contributed by atoms with Crippen LogP contribution in [-0.2, 0) is 9.47 Å². The van der Waals surface area contributed by atoms with Crippen LogP contribution in [0.1, 0.15) is 43.5 Å². The molecule has 1 aromatic heterocycles. The van der Waals surface area contributed by atoms with Crippen LogP contribution >= 0.6 is 0 Å². The number of hydrogen-bond donors (Lipinski definition) is 1. The van der Waals surface area contributed by atoms with Crippen molar-refractivity contribution in [1.29, 1.82) is 0 Å². The highest BCUT2D eigenvalue weighted by Gasteiger charge is 2.48. The Morgan fingerprint density at radius 2 is 2.31 bits per heavy atom. The summed E-state index contributed by atoms with van der Waals surface area (Å²) in [5.41, 5.74) is 1.57. The normalized spacial score (nSPS) is 26.3. The largest absolute Gasteiger partial charge is 0.378 e. The SMILES string of the molecule is CC(C)OC[C@@H]1CCC[C@@]12CN(C(=O)c1ccc3[nH]ccc3c1)CCO2. The van der Waals surface area contributed by atoms with E-state index < -0.39 is 0 Å². The standard InChI is InChI=1S/C21H28N2O3/c1-15(2)25-13-18-4-3-8-21(18)14-23(10-11-26-21)20(24)17-5-6-19-16(12-17)7-9-22-19/h5-7,9,12,15,18,22H,3-4,8,10-11,13-14H2,1-2H3/t18-,21+/m0/s1. The number of aromatic nitrogens is 1. The summed E-state index contributed by atoms with van der Waals surface area (Å²) < 4.78 is 12.2. The molecule has 1 spiro atoms. The number of morpholine rings is 1. The number of hydrogen-bond acceptors (Lipinski definition) is 3. The zero-order valence-electron chi connectivity index (χ0n) is 15.7. The second kappa shape index (κ2) is 7.05. The van der Waals surface area contributed by atoms with Gasteiger partial charge >= 0.3 is 0 Å². The predicted molar refractivity (Wildman–Crippen MR) is 101 cm³/mol. The van der Waals surface area contributed by atoms with Crippen LogP contribution in [-0.4, -0.2) is 53.8 Å². The average Bonchev–Trinajstić information content (AvgIpc) is 3.25. The van der Waals surface area contributed by atoms with E-state index in [4.69, 9.17) is 9.47 Å². The average molecular weight is 356 g/mol. The van der Waals surface area contributed by atoms with Crippen molar-refractivity contribution in [3.05, 3.63) is 36.0 Å². The molecule has 1 saturated heterocycles. The van der Waals surface area contributed by atoms with Crippen molar-refractivity contribution >= 4 is 16.8 Å². The Hall–Kier alpha value is -1.85. The number of aromatic amines is 1. The van der Waals surface area contributed by atoms with Crippen LogP contribution in [0.3, 0.4) is 0 Å². The number of H-pyrrole nitrogens is 1. The Labute approximate surface area is 154 Å². The molecule has 2 atom stereocenters. The van der Waals surface area contributed by atoms with Crippen LogP contribution in [0, 0.1) is 5.92 Å². The number of ether oxygens (including phenoxy) is 2. The predicted octanol–water partition coefficient (Wildman–Crippen LogP) is 3.60. The number of rotatable bonds is 4. The van der Waals surface area contributed by atoms with Crippen molar-refractivity contribution in [2.45, 2.75) is 44.8 Å². The van der Waals surface area contributed by atoms with Gasteiger partial charge < -0.3 is 19.4 Å². The molecule has 2 heterocycles. The van der Waals surface area contributed by atoms with Crippen LogP contribution < -0.4 is 0 Å². The Morgan fingerprint density at radius 1 is 1.42 bits per heavy atom. The summed E-state index contributed by atoms with van der Waals surface area (Å²) >= 11 is 0. The molecule has 1 aliphatic carbocycles. The monoisotopic (exact) mass is 356 g/mol. The molecule has 0 bridgehead atoms. The maximum absolute atomic E-state index is 13.1. The van der Waals surface area contributed by atoms with E-state index >= 15 is 0 Å². The first-order valence-corrected chi connectivity index (χ1v) is 9.69. The first-order chi connectivity index (χ1) is 12.6. The number of carbonyl (C=O) groups is 1. The molecule has 2 aliphatic rings. The van der Waals surface area contributed by atoms with Crippen molar-refractivity contribution in [2.24, 2.45) is 5.92 Å². The second-order valence-corrected chi connectivity index (χ2v) is 7.89. The Bertz CT molecular complexity index is 784. The molecular weight excluding hydrogens is 328 g/mol. The molecule has 1 N–H and O–H groups in total. The molecule has 0 unspecified atom stereocenters. The van der Waals surface area contributed by atoms with E-state index in [0.717, 1.165) is 42.3 Å². The van der Waals surface area contributed by atoms with Gasteiger partial charge in [0.05, 0.1) is 31.5 Å². The van der Waals surface area contributed by atoms with Crippen LogP contribution in [0.5, 0.6) is 0 Å². The number of fused-ring (bicyclic) bond motifs is 1. The number of carbonyl (C=O) groups excluding carboxylic acids is 1. The smallest absolute Gasteiger partial charge is 0.254 e. The summed E-state index contributed by atoms with van der Waals surface area (Å²) in [6.45, 7) is 6.78. The molecule has 1 amide bonds. The molecule has 0 radical (unpaired) electrons. The van der Waals surface area contributed by atoms with Gasteiger partial charge in [-0.1, -0.05) is 6.42 Å². The van der Waals surface area contributed by atoms with E-state index in [1.165, 1.54) is 0 Å². The summed E-state index contributed by atoms with van der Waals surface area (Å²) in [6, 6.07) is 7.87. The van der Waals surface area contributed by atoms with Crippen LogP contribution in [0.4, 0.5) is 0 Å². The van der Waals surface area contributed by atoms with E-state index in [1.807, 2.05) is 35.4 Å². The summed E-state index contributed by atoms with van der Waals surface area (Å²) in [6.07, 6.45) is 5.40.